The molecule has 2 atom stereocenters. The molecule has 0 bridgehead atoms. The Morgan fingerprint density at radius 1 is 0.774 bits per heavy atom. The van der Waals surface area contributed by atoms with E-state index in [0.29, 0.717) is 18.4 Å². The predicted octanol–water partition coefficient (Wildman–Crippen LogP) is 2.89. The van der Waals surface area contributed by atoms with Gasteiger partial charge in [-0.05, 0) is 41.8 Å². The van der Waals surface area contributed by atoms with E-state index in [1.165, 1.54) is 12.1 Å². The predicted molar refractivity (Wildman–Crippen MR) is 117 cm³/mol. The molecule has 0 aliphatic carbocycles. The van der Waals surface area contributed by atoms with Gasteiger partial charge in [-0.2, -0.15) is 0 Å². The van der Waals surface area contributed by atoms with E-state index >= 15 is 0 Å². The lowest BCUT2D eigenvalue weighted by atomic mass is 10.0. The molecule has 0 saturated carbocycles. The van der Waals surface area contributed by atoms with E-state index in [1.807, 2.05) is 36.4 Å². The highest BCUT2D eigenvalue weighted by molar-refractivity contribution is 5.97. The zero-order chi connectivity index (χ0) is 22.1. The van der Waals surface area contributed by atoms with Crippen LogP contribution in [0.2, 0.25) is 0 Å². The number of carbonyl (C=O) groups is 2. The second-order valence-electron chi connectivity index (χ2n) is 7.30. The van der Waals surface area contributed by atoms with Crippen LogP contribution in [-0.2, 0) is 17.6 Å². The molecule has 6 heteroatoms. The van der Waals surface area contributed by atoms with E-state index in [4.69, 9.17) is 0 Å². The third-order valence-electron chi connectivity index (χ3n) is 4.90. The quantitative estimate of drug-likeness (QED) is 0.498. The molecule has 0 spiro atoms. The molecule has 160 valence electrons. The molecule has 3 rings (SSSR count). The minimum Gasteiger partial charge on any atom is -0.394 e. The highest BCUT2D eigenvalue weighted by Crippen LogP contribution is 2.09. The first-order chi connectivity index (χ1) is 15.0. The van der Waals surface area contributed by atoms with Crippen molar-refractivity contribution >= 4 is 11.8 Å². The van der Waals surface area contributed by atoms with Crippen LogP contribution in [0.4, 0.5) is 4.39 Å². The zero-order valence-electron chi connectivity index (χ0n) is 17.0. The molecule has 3 N–H and O–H groups in total. The van der Waals surface area contributed by atoms with Gasteiger partial charge in [0, 0.05) is 12.0 Å². The highest BCUT2D eigenvalue weighted by atomic mass is 19.1. The van der Waals surface area contributed by atoms with Crippen LogP contribution < -0.4 is 10.6 Å². The third kappa shape index (κ3) is 6.76. The molecule has 0 aliphatic heterocycles. The lowest BCUT2D eigenvalue weighted by Gasteiger charge is -2.23. The van der Waals surface area contributed by atoms with E-state index in [1.54, 1.807) is 36.4 Å². The Morgan fingerprint density at radius 2 is 1.35 bits per heavy atom. The summed E-state index contributed by atoms with van der Waals surface area (Å²) in [5.74, 6) is -1.09. The van der Waals surface area contributed by atoms with Crippen LogP contribution >= 0.6 is 0 Å². The molecule has 2 amide bonds. The van der Waals surface area contributed by atoms with Crippen molar-refractivity contribution in [2.45, 2.75) is 24.9 Å². The van der Waals surface area contributed by atoms with Crippen molar-refractivity contribution in [1.29, 1.82) is 0 Å². The number of hydrogen-bond acceptors (Lipinski definition) is 3. The normalized spacial score (nSPS) is 12.6. The number of carbonyl (C=O) groups excluding carboxylic acids is 2. The van der Waals surface area contributed by atoms with Crippen molar-refractivity contribution in [1.82, 2.24) is 10.6 Å². The summed E-state index contributed by atoms with van der Waals surface area (Å²) in [7, 11) is 0. The maximum atomic E-state index is 13.1. The van der Waals surface area contributed by atoms with Crippen LogP contribution in [0.25, 0.3) is 0 Å². The van der Waals surface area contributed by atoms with Crippen LogP contribution in [0, 0.1) is 5.82 Å². The van der Waals surface area contributed by atoms with Gasteiger partial charge >= 0.3 is 0 Å². The Kier molecular flexibility index (Phi) is 7.90. The number of benzene rings is 3. The van der Waals surface area contributed by atoms with Gasteiger partial charge in [-0.3, -0.25) is 9.59 Å². The molecule has 3 aromatic rings. The second-order valence-corrected chi connectivity index (χ2v) is 7.30. The minimum atomic E-state index is -0.822. The number of aliphatic hydroxyl groups excluding tert-OH is 1. The first-order valence-corrected chi connectivity index (χ1v) is 10.1. The van der Waals surface area contributed by atoms with Gasteiger partial charge in [0.05, 0.1) is 12.6 Å². The van der Waals surface area contributed by atoms with Crippen molar-refractivity contribution in [2.24, 2.45) is 0 Å². The average molecular weight is 420 g/mol. The number of hydrogen-bond donors (Lipinski definition) is 3. The van der Waals surface area contributed by atoms with Gasteiger partial charge in [-0.1, -0.05) is 60.7 Å². The number of amides is 2. The molecule has 0 unspecified atom stereocenters. The van der Waals surface area contributed by atoms with Crippen molar-refractivity contribution in [2.75, 3.05) is 6.61 Å². The average Bonchev–Trinajstić information content (AvgIpc) is 2.80. The van der Waals surface area contributed by atoms with Crippen LogP contribution in [-0.4, -0.2) is 35.6 Å². The van der Waals surface area contributed by atoms with Gasteiger partial charge in [0.1, 0.15) is 11.9 Å². The van der Waals surface area contributed by atoms with Gasteiger partial charge in [-0.25, -0.2) is 4.39 Å². The van der Waals surface area contributed by atoms with Crippen molar-refractivity contribution in [3.63, 3.8) is 0 Å². The van der Waals surface area contributed by atoms with Crippen LogP contribution in [0.5, 0.6) is 0 Å². The molecule has 5 nitrogen and oxygen atoms in total. The zero-order valence-corrected chi connectivity index (χ0v) is 17.0. The summed E-state index contributed by atoms with van der Waals surface area (Å²) in [5, 5.41) is 15.4. The maximum Gasteiger partial charge on any atom is 0.251 e. The summed E-state index contributed by atoms with van der Waals surface area (Å²) in [5.41, 5.74) is 2.14. The topological polar surface area (TPSA) is 78.4 Å². The molecule has 0 fully saturated rings. The summed E-state index contributed by atoms with van der Waals surface area (Å²) in [6.07, 6.45) is 0.646. The lowest BCUT2D eigenvalue weighted by molar-refractivity contribution is -0.124. The van der Waals surface area contributed by atoms with Crippen LogP contribution in [0.15, 0.2) is 84.9 Å². The first kappa shape index (κ1) is 22.2. The molecule has 0 aromatic heterocycles. The number of halogens is 1. The first-order valence-electron chi connectivity index (χ1n) is 10.1. The molecular weight excluding hydrogens is 395 g/mol. The molecule has 0 aliphatic rings. The fourth-order valence-corrected chi connectivity index (χ4v) is 3.26. The smallest absolute Gasteiger partial charge is 0.251 e. The van der Waals surface area contributed by atoms with Gasteiger partial charge in [0.15, 0.2) is 0 Å². The summed E-state index contributed by atoms with van der Waals surface area (Å²) in [6.45, 7) is -0.284. The summed E-state index contributed by atoms with van der Waals surface area (Å²) in [4.78, 5) is 25.7. The Hall–Kier alpha value is -3.51. The minimum absolute atomic E-state index is 0.284. The fourth-order valence-electron chi connectivity index (χ4n) is 3.26. The highest BCUT2D eigenvalue weighted by Gasteiger charge is 2.24. The van der Waals surface area contributed by atoms with Gasteiger partial charge in [0.2, 0.25) is 5.91 Å². The van der Waals surface area contributed by atoms with E-state index < -0.39 is 18.0 Å². The van der Waals surface area contributed by atoms with Crippen molar-refractivity contribution < 1.29 is 19.1 Å². The van der Waals surface area contributed by atoms with Crippen LogP contribution in [0.3, 0.4) is 0 Å². The van der Waals surface area contributed by atoms with Crippen LogP contribution in [0.1, 0.15) is 21.5 Å². The Labute approximate surface area is 180 Å². The van der Waals surface area contributed by atoms with Gasteiger partial charge < -0.3 is 15.7 Å². The Balaban J connectivity index is 1.72. The monoisotopic (exact) mass is 420 g/mol. The summed E-state index contributed by atoms with van der Waals surface area (Å²) in [6, 6.07) is 22.6. The summed E-state index contributed by atoms with van der Waals surface area (Å²) < 4.78 is 13.1. The van der Waals surface area contributed by atoms with Gasteiger partial charge in [-0.15, -0.1) is 0 Å². The number of rotatable bonds is 9. The fraction of sp³-hybridized carbons (Fsp3) is 0.200. The van der Waals surface area contributed by atoms with Gasteiger partial charge in [0.25, 0.3) is 5.91 Å². The molecule has 0 saturated heterocycles. The number of aliphatic hydroxyl groups is 1. The SMILES string of the molecule is O=C(N[C@@H](Cc1ccccc1)C(=O)N[C@H](CO)Cc1ccc(F)cc1)c1ccccc1. The standard InChI is InChI=1S/C25H25FN2O3/c26-21-13-11-19(12-14-21)15-22(17-29)27-25(31)23(16-18-7-3-1-4-8-18)28-24(30)20-9-5-2-6-10-20/h1-14,22-23,29H,15-17H2,(H,27,31)(H,28,30)/t22-,23-/m0/s1. The second kappa shape index (κ2) is 11.0. The van der Waals surface area contributed by atoms with E-state index in [9.17, 15) is 19.1 Å². The molecular formula is C25H25FN2O3. The van der Waals surface area contributed by atoms with Crippen molar-refractivity contribution in [3.05, 3.63) is 107 Å². The largest absolute Gasteiger partial charge is 0.394 e. The number of nitrogens with one attached hydrogen (secondary N) is 2. The van der Waals surface area contributed by atoms with E-state index in [0.717, 1.165) is 11.1 Å². The van der Waals surface area contributed by atoms with Crippen molar-refractivity contribution in [3.8, 4) is 0 Å². The molecule has 3 aromatic carbocycles. The molecule has 0 radical (unpaired) electrons. The third-order valence-corrected chi connectivity index (χ3v) is 4.90. The molecule has 31 heavy (non-hydrogen) atoms. The van der Waals surface area contributed by atoms with E-state index in [2.05, 4.69) is 10.6 Å². The lowest BCUT2D eigenvalue weighted by Crippen LogP contribution is -2.52. The Morgan fingerprint density at radius 3 is 1.97 bits per heavy atom. The van der Waals surface area contributed by atoms with E-state index in [-0.39, 0.29) is 18.3 Å². The molecule has 0 heterocycles. The Bertz CT molecular complexity index is 979. The summed E-state index contributed by atoms with van der Waals surface area (Å²) >= 11 is 0. The maximum absolute atomic E-state index is 13.1.